The average molecular weight is 512 g/mol. The van der Waals surface area contributed by atoms with Gasteiger partial charge in [-0.25, -0.2) is 4.79 Å². The van der Waals surface area contributed by atoms with Crippen molar-refractivity contribution < 1.29 is 9.53 Å². The van der Waals surface area contributed by atoms with E-state index in [4.69, 9.17) is 10.1 Å². The number of hydrogen-bond donors (Lipinski definition) is 2. The maximum absolute atomic E-state index is 14.0. The molecule has 1 amide bonds. The maximum atomic E-state index is 14.0. The van der Waals surface area contributed by atoms with Crippen LogP contribution in [0.25, 0.3) is 5.69 Å². The average Bonchev–Trinajstić information content (AvgIpc) is 3.52. The number of carbonyl (C=O) groups excluding carboxylic acids is 1. The molecule has 0 aliphatic carbocycles. The number of hydrogen-bond acceptors (Lipinski definition) is 5. The van der Waals surface area contributed by atoms with Gasteiger partial charge in [-0.15, -0.1) is 0 Å². The zero-order valence-electron chi connectivity index (χ0n) is 22.2. The van der Waals surface area contributed by atoms with Crippen LogP contribution in [0.2, 0.25) is 0 Å². The highest BCUT2D eigenvalue weighted by atomic mass is 16.5. The Balaban J connectivity index is 1.79. The predicted octanol–water partition coefficient (Wildman–Crippen LogP) is 4.99. The SMILES string of the molecule is CC#CC(=O)N1CCC(n2c(NC)c(C(=N)/C=C(\C)CC)n(-c3ccc(Oc4ccccc4)cc3)c2=O)C1. The van der Waals surface area contributed by atoms with Crippen molar-refractivity contribution in [2.24, 2.45) is 0 Å². The van der Waals surface area contributed by atoms with E-state index in [9.17, 15) is 9.59 Å². The van der Waals surface area contributed by atoms with Gasteiger partial charge >= 0.3 is 5.69 Å². The molecule has 1 saturated heterocycles. The maximum Gasteiger partial charge on any atom is 0.335 e. The molecule has 1 aliphatic rings. The Labute approximate surface area is 223 Å². The number of rotatable bonds is 8. The molecule has 1 atom stereocenters. The van der Waals surface area contributed by atoms with E-state index in [1.54, 1.807) is 34.1 Å². The molecule has 38 heavy (non-hydrogen) atoms. The lowest BCUT2D eigenvalue weighted by atomic mass is 10.1. The van der Waals surface area contributed by atoms with Gasteiger partial charge in [-0.2, -0.15) is 0 Å². The minimum atomic E-state index is -0.269. The van der Waals surface area contributed by atoms with Crippen molar-refractivity contribution in [3.05, 3.63) is 82.4 Å². The third-order valence-electron chi connectivity index (χ3n) is 6.65. The molecule has 8 heteroatoms. The number of nitrogens with zero attached hydrogens (tertiary/aromatic N) is 3. The lowest BCUT2D eigenvalue weighted by Gasteiger charge is -2.16. The summed E-state index contributed by atoms with van der Waals surface area (Å²) in [5.41, 5.74) is 2.09. The highest BCUT2D eigenvalue weighted by molar-refractivity contribution is 6.09. The molecule has 2 N–H and O–H groups in total. The van der Waals surface area contributed by atoms with E-state index < -0.39 is 0 Å². The minimum Gasteiger partial charge on any atom is -0.457 e. The summed E-state index contributed by atoms with van der Waals surface area (Å²) >= 11 is 0. The first-order chi connectivity index (χ1) is 18.4. The van der Waals surface area contributed by atoms with Crippen LogP contribution in [0.15, 0.2) is 71.0 Å². The van der Waals surface area contributed by atoms with Crippen molar-refractivity contribution in [3.8, 4) is 29.0 Å². The van der Waals surface area contributed by atoms with Crippen molar-refractivity contribution in [2.45, 2.75) is 39.7 Å². The van der Waals surface area contributed by atoms with E-state index >= 15 is 0 Å². The van der Waals surface area contributed by atoms with Crippen molar-refractivity contribution in [1.29, 1.82) is 5.41 Å². The molecule has 2 aromatic carbocycles. The molecule has 1 fully saturated rings. The van der Waals surface area contributed by atoms with Crippen molar-refractivity contribution in [2.75, 3.05) is 25.5 Å². The summed E-state index contributed by atoms with van der Waals surface area (Å²) in [5.74, 6) is 6.91. The van der Waals surface area contributed by atoms with Crippen LogP contribution in [-0.2, 0) is 4.79 Å². The molecule has 1 aliphatic heterocycles. The van der Waals surface area contributed by atoms with Crippen LogP contribution in [0.1, 0.15) is 45.3 Å². The summed E-state index contributed by atoms with van der Waals surface area (Å²) in [4.78, 5) is 28.0. The second-order valence-corrected chi connectivity index (χ2v) is 9.17. The van der Waals surface area contributed by atoms with Gasteiger partial charge in [0.1, 0.15) is 23.0 Å². The Morgan fingerprint density at radius 2 is 1.84 bits per heavy atom. The van der Waals surface area contributed by atoms with Crippen molar-refractivity contribution in [1.82, 2.24) is 14.0 Å². The zero-order valence-corrected chi connectivity index (χ0v) is 22.2. The van der Waals surface area contributed by atoms with Gasteiger partial charge in [-0.3, -0.25) is 19.3 Å². The summed E-state index contributed by atoms with van der Waals surface area (Å²) in [5, 5.41) is 12.1. The number of nitrogens with one attached hydrogen (secondary N) is 2. The zero-order chi connectivity index (χ0) is 27.2. The van der Waals surface area contributed by atoms with Gasteiger partial charge in [-0.1, -0.05) is 36.6 Å². The first-order valence-corrected chi connectivity index (χ1v) is 12.7. The van der Waals surface area contributed by atoms with Gasteiger partial charge in [0.05, 0.1) is 17.4 Å². The fraction of sp³-hybridized carbons (Fsp3) is 0.300. The van der Waals surface area contributed by atoms with E-state index in [0.717, 1.165) is 17.7 Å². The first-order valence-electron chi connectivity index (χ1n) is 12.7. The van der Waals surface area contributed by atoms with Gasteiger partial charge in [0, 0.05) is 20.1 Å². The van der Waals surface area contributed by atoms with Gasteiger partial charge in [0.15, 0.2) is 0 Å². The van der Waals surface area contributed by atoms with Crippen LogP contribution in [-0.4, -0.2) is 45.8 Å². The number of benzene rings is 2. The monoisotopic (exact) mass is 511 g/mol. The molecule has 4 rings (SSSR count). The molecule has 1 unspecified atom stereocenters. The predicted molar refractivity (Wildman–Crippen MR) is 151 cm³/mol. The summed E-state index contributed by atoms with van der Waals surface area (Å²) in [6.07, 6.45) is 3.22. The van der Waals surface area contributed by atoms with Crippen LogP contribution in [0, 0.1) is 17.3 Å². The second-order valence-electron chi connectivity index (χ2n) is 9.17. The number of aromatic nitrogens is 2. The van der Waals surface area contributed by atoms with Gasteiger partial charge < -0.3 is 15.0 Å². The number of para-hydroxylation sites is 1. The van der Waals surface area contributed by atoms with E-state index in [0.29, 0.717) is 42.5 Å². The van der Waals surface area contributed by atoms with E-state index in [2.05, 4.69) is 17.2 Å². The van der Waals surface area contributed by atoms with Crippen LogP contribution in [0.3, 0.4) is 0 Å². The van der Waals surface area contributed by atoms with Gasteiger partial charge in [-0.05, 0) is 75.1 Å². The molecule has 0 bridgehead atoms. The molecule has 8 nitrogen and oxygen atoms in total. The number of likely N-dealkylation sites (tertiary alicyclic amines) is 1. The fourth-order valence-corrected chi connectivity index (χ4v) is 4.61. The van der Waals surface area contributed by atoms with Crippen LogP contribution >= 0.6 is 0 Å². The second kappa shape index (κ2) is 11.7. The minimum absolute atomic E-state index is 0.233. The number of carbonyl (C=O) groups is 1. The van der Waals surface area contributed by atoms with E-state index in [1.165, 1.54) is 0 Å². The molecule has 0 spiro atoms. The Bertz CT molecular complexity index is 1470. The molecule has 0 radical (unpaired) electrons. The number of allylic oxidation sites excluding steroid dienone is 2. The lowest BCUT2D eigenvalue weighted by Crippen LogP contribution is -2.31. The third-order valence-corrected chi connectivity index (χ3v) is 6.65. The topological polar surface area (TPSA) is 92.4 Å². The number of ether oxygens (including phenoxy) is 1. The summed E-state index contributed by atoms with van der Waals surface area (Å²) in [6, 6.07) is 16.5. The van der Waals surface area contributed by atoms with E-state index in [-0.39, 0.29) is 23.4 Å². The quantitative estimate of drug-likeness (QED) is 0.329. The third kappa shape index (κ3) is 5.42. The Morgan fingerprint density at radius 1 is 1.16 bits per heavy atom. The molecular weight excluding hydrogens is 478 g/mol. The summed E-state index contributed by atoms with van der Waals surface area (Å²) < 4.78 is 9.17. The highest BCUT2D eigenvalue weighted by Crippen LogP contribution is 2.30. The normalized spacial score (nSPS) is 15.1. The Morgan fingerprint density at radius 3 is 2.47 bits per heavy atom. The van der Waals surface area contributed by atoms with Crippen LogP contribution < -0.4 is 15.7 Å². The summed E-state index contributed by atoms with van der Waals surface area (Å²) in [7, 11) is 1.75. The fourth-order valence-electron chi connectivity index (χ4n) is 4.61. The van der Waals surface area contributed by atoms with E-state index in [1.807, 2.05) is 68.4 Å². The molecular formula is C30H33N5O3. The standard InChI is InChI=1S/C30H33N5O3/c1-5-10-27(36)33-18-17-23(20-33)35-29(32-4)28(26(31)19-21(3)6-2)34(30(35)37)22-13-15-25(16-14-22)38-24-11-8-7-9-12-24/h7-9,11-16,19,23,31-32H,6,17-18,20H2,1-4H3/b21-19+,31-26?. The number of anilines is 1. The number of imidazole rings is 1. The van der Waals surface area contributed by atoms with Gasteiger partial charge in [0.2, 0.25) is 0 Å². The van der Waals surface area contributed by atoms with Crippen molar-refractivity contribution in [3.63, 3.8) is 0 Å². The Hall–Kier alpha value is -4.51. The lowest BCUT2D eigenvalue weighted by molar-refractivity contribution is -0.124. The van der Waals surface area contributed by atoms with Crippen LogP contribution in [0.4, 0.5) is 5.82 Å². The largest absolute Gasteiger partial charge is 0.457 e. The molecule has 2 heterocycles. The molecule has 0 saturated carbocycles. The number of amides is 1. The van der Waals surface area contributed by atoms with Gasteiger partial charge in [0.25, 0.3) is 5.91 Å². The molecule has 1 aromatic heterocycles. The first kappa shape index (κ1) is 26.6. The molecule has 196 valence electrons. The Kier molecular flexibility index (Phi) is 8.17. The molecule has 3 aromatic rings. The van der Waals surface area contributed by atoms with Crippen LogP contribution in [0.5, 0.6) is 11.5 Å². The summed E-state index contributed by atoms with van der Waals surface area (Å²) in [6.45, 7) is 6.54. The smallest absolute Gasteiger partial charge is 0.335 e. The highest BCUT2D eigenvalue weighted by Gasteiger charge is 2.33. The van der Waals surface area contributed by atoms with Crippen molar-refractivity contribution >= 4 is 17.4 Å².